The molecule has 150 valence electrons. The van der Waals surface area contributed by atoms with Crippen LogP contribution in [0.5, 0.6) is 5.75 Å². The zero-order valence-corrected chi connectivity index (χ0v) is 17.6. The van der Waals surface area contributed by atoms with Crippen molar-refractivity contribution in [2.45, 2.75) is 32.3 Å². The molecule has 1 aliphatic carbocycles. The van der Waals surface area contributed by atoms with E-state index in [0.717, 1.165) is 11.7 Å². The molecule has 1 atom stereocenters. The van der Waals surface area contributed by atoms with Crippen LogP contribution in [0.3, 0.4) is 0 Å². The van der Waals surface area contributed by atoms with E-state index < -0.39 is 0 Å². The standard InChI is InChI=1S/C27H31NO/c1-28(2)17-16-21-8-13-26-19-27(15-14-25(26)18-21)29-20-22-9-11-24(12-10-22)23-6-4-3-5-7-23/h3-7,9-12,14-15,19,21H,8,13,16-18,20H2,1-2H3/t21-/m0/s1. The van der Waals surface area contributed by atoms with Gasteiger partial charge in [-0.25, -0.2) is 0 Å². The minimum absolute atomic E-state index is 0.610. The Morgan fingerprint density at radius 3 is 2.38 bits per heavy atom. The smallest absolute Gasteiger partial charge is 0.120 e. The molecule has 2 heteroatoms. The normalized spacial score (nSPS) is 15.9. The van der Waals surface area contributed by atoms with Gasteiger partial charge in [0.2, 0.25) is 0 Å². The Hall–Kier alpha value is -2.58. The third-order valence-electron chi connectivity index (χ3n) is 5.96. The summed E-state index contributed by atoms with van der Waals surface area (Å²) >= 11 is 0. The van der Waals surface area contributed by atoms with Crippen molar-refractivity contribution in [3.05, 3.63) is 89.5 Å². The molecule has 0 spiro atoms. The van der Waals surface area contributed by atoms with E-state index in [2.05, 4.69) is 85.7 Å². The second-order valence-corrected chi connectivity index (χ2v) is 8.48. The maximum absolute atomic E-state index is 6.10. The van der Waals surface area contributed by atoms with Crippen molar-refractivity contribution in [2.24, 2.45) is 5.92 Å². The molecule has 29 heavy (non-hydrogen) atoms. The minimum Gasteiger partial charge on any atom is -0.489 e. The van der Waals surface area contributed by atoms with E-state index in [9.17, 15) is 0 Å². The van der Waals surface area contributed by atoms with E-state index in [1.165, 1.54) is 60.0 Å². The molecule has 0 amide bonds. The van der Waals surface area contributed by atoms with Crippen molar-refractivity contribution >= 4 is 0 Å². The molecule has 1 aliphatic rings. The predicted molar refractivity (Wildman–Crippen MR) is 121 cm³/mol. The van der Waals surface area contributed by atoms with Crippen molar-refractivity contribution in [3.63, 3.8) is 0 Å². The molecule has 0 heterocycles. The second-order valence-electron chi connectivity index (χ2n) is 8.48. The van der Waals surface area contributed by atoms with Crippen LogP contribution in [0.4, 0.5) is 0 Å². The zero-order valence-electron chi connectivity index (χ0n) is 17.6. The lowest BCUT2D eigenvalue weighted by Crippen LogP contribution is -2.21. The first-order valence-electron chi connectivity index (χ1n) is 10.7. The maximum atomic E-state index is 6.10. The largest absolute Gasteiger partial charge is 0.489 e. The van der Waals surface area contributed by atoms with Crippen LogP contribution < -0.4 is 4.74 Å². The summed E-state index contributed by atoms with van der Waals surface area (Å²) in [7, 11) is 4.32. The highest BCUT2D eigenvalue weighted by atomic mass is 16.5. The van der Waals surface area contributed by atoms with Crippen molar-refractivity contribution in [2.75, 3.05) is 20.6 Å². The highest BCUT2D eigenvalue weighted by Gasteiger charge is 2.19. The Bertz CT molecular complexity index is 915. The molecule has 0 saturated heterocycles. The first kappa shape index (κ1) is 19.7. The summed E-state index contributed by atoms with van der Waals surface area (Å²) in [4.78, 5) is 2.29. The van der Waals surface area contributed by atoms with Gasteiger partial charge in [0.05, 0.1) is 0 Å². The van der Waals surface area contributed by atoms with E-state index in [-0.39, 0.29) is 0 Å². The summed E-state index contributed by atoms with van der Waals surface area (Å²) in [5.41, 5.74) is 6.68. The summed E-state index contributed by atoms with van der Waals surface area (Å²) in [5, 5.41) is 0. The van der Waals surface area contributed by atoms with E-state index in [1.807, 2.05) is 6.07 Å². The van der Waals surface area contributed by atoms with Gasteiger partial charge in [-0.3, -0.25) is 0 Å². The minimum atomic E-state index is 0.610. The van der Waals surface area contributed by atoms with Gasteiger partial charge in [0.15, 0.2) is 0 Å². The van der Waals surface area contributed by atoms with Crippen LogP contribution in [0.2, 0.25) is 0 Å². The van der Waals surface area contributed by atoms with Crippen LogP contribution in [-0.2, 0) is 19.4 Å². The Morgan fingerprint density at radius 1 is 0.862 bits per heavy atom. The topological polar surface area (TPSA) is 12.5 Å². The van der Waals surface area contributed by atoms with Gasteiger partial charge in [-0.05, 0) is 92.2 Å². The molecule has 0 aliphatic heterocycles. The summed E-state index contributed by atoms with van der Waals surface area (Å²) in [5.74, 6) is 1.81. The Balaban J connectivity index is 1.34. The average Bonchev–Trinajstić information content (AvgIpc) is 2.77. The second kappa shape index (κ2) is 9.28. The highest BCUT2D eigenvalue weighted by Crippen LogP contribution is 2.30. The molecule has 0 saturated carbocycles. The Kier molecular flexibility index (Phi) is 6.31. The summed E-state index contributed by atoms with van der Waals surface area (Å²) in [6.07, 6.45) is 4.98. The molecule has 3 aromatic rings. The van der Waals surface area contributed by atoms with Gasteiger partial charge in [-0.15, -0.1) is 0 Å². The monoisotopic (exact) mass is 385 g/mol. The van der Waals surface area contributed by atoms with Crippen molar-refractivity contribution < 1.29 is 4.74 Å². The molecule has 0 fully saturated rings. The fraction of sp³-hybridized carbons (Fsp3) is 0.333. The lowest BCUT2D eigenvalue weighted by molar-refractivity contribution is 0.304. The van der Waals surface area contributed by atoms with Gasteiger partial charge < -0.3 is 9.64 Å². The number of benzene rings is 3. The third kappa shape index (κ3) is 5.27. The number of hydrogen-bond acceptors (Lipinski definition) is 2. The van der Waals surface area contributed by atoms with Gasteiger partial charge in [0, 0.05) is 0 Å². The third-order valence-corrected chi connectivity index (χ3v) is 5.96. The molecular weight excluding hydrogens is 354 g/mol. The summed E-state index contributed by atoms with van der Waals surface area (Å²) < 4.78 is 6.10. The SMILES string of the molecule is CN(C)CC[C@@H]1CCc2cc(OCc3ccc(-c4ccccc4)cc3)ccc2C1. The van der Waals surface area contributed by atoms with Gasteiger partial charge in [0.25, 0.3) is 0 Å². The molecule has 4 rings (SSSR count). The molecular formula is C27H31NO. The number of aryl methyl sites for hydroxylation is 1. The average molecular weight is 386 g/mol. The number of nitrogens with zero attached hydrogens (tertiary/aromatic N) is 1. The molecule has 0 radical (unpaired) electrons. The zero-order chi connectivity index (χ0) is 20.1. The van der Waals surface area contributed by atoms with Gasteiger partial charge in [-0.1, -0.05) is 60.7 Å². The Labute approximate surface area is 175 Å². The van der Waals surface area contributed by atoms with Crippen LogP contribution in [0.25, 0.3) is 11.1 Å². The fourth-order valence-corrected chi connectivity index (χ4v) is 4.17. The van der Waals surface area contributed by atoms with E-state index in [0.29, 0.717) is 6.61 Å². The lowest BCUT2D eigenvalue weighted by Gasteiger charge is -2.26. The van der Waals surface area contributed by atoms with Crippen molar-refractivity contribution in [1.29, 1.82) is 0 Å². The van der Waals surface area contributed by atoms with Crippen LogP contribution in [0.15, 0.2) is 72.8 Å². The van der Waals surface area contributed by atoms with E-state index >= 15 is 0 Å². The molecule has 2 nitrogen and oxygen atoms in total. The number of hydrogen-bond donors (Lipinski definition) is 0. The van der Waals surface area contributed by atoms with Gasteiger partial charge in [-0.2, -0.15) is 0 Å². The van der Waals surface area contributed by atoms with Crippen LogP contribution in [0, 0.1) is 5.92 Å². The van der Waals surface area contributed by atoms with Crippen molar-refractivity contribution in [1.82, 2.24) is 4.90 Å². The molecule has 0 bridgehead atoms. The van der Waals surface area contributed by atoms with Crippen LogP contribution >= 0.6 is 0 Å². The number of ether oxygens (including phenoxy) is 1. The quantitative estimate of drug-likeness (QED) is 0.495. The molecule has 0 aromatic heterocycles. The molecule has 0 unspecified atom stereocenters. The molecule has 3 aromatic carbocycles. The maximum Gasteiger partial charge on any atom is 0.120 e. The van der Waals surface area contributed by atoms with Gasteiger partial charge >= 0.3 is 0 Å². The first-order valence-corrected chi connectivity index (χ1v) is 10.7. The number of fused-ring (bicyclic) bond motifs is 1. The molecule has 0 N–H and O–H groups in total. The summed E-state index contributed by atoms with van der Waals surface area (Å²) in [6, 6.07) is 25.9. The lowest BCUT2D eigenvalue weighted by atomic mass is 9.82. The summed E-state index contributed by atoms with van der Waals surface area (Å²) in [6.45, 7) is 1.80. The van der Waals surface area contributed by atoms with E-state index in [4.69, 9.17) is 4.74 Å². The van der Waals surface area contributed by atoms with Gasteiger partial charge in [0.1, 0.15) is 12.4 Å². The Morgan fingerprint density at radius 2 is 1.62 bits per heavy atom. The van der Waals surface area contributed by atoms with Crippen molar-refractivity contribution in [3.8, 4) is 16.9 Å². The highest BCUT2D eigenvalue weighted by molar-refractivity contribution is 5.63. The van der Waals surface area contributed by atoms with E-state index in [1.54, 1.807) is 0 Å². The first-order chi connectivity index (χ1) is 14.2. The fourth-order valence-electron chi connectivity index (χ4n) is 4.17. The van der Waals surface area contributed by atoms with Crippen LogP contribution in [-0.4, -0.2) is 25.5 Å². The predicted octanol–water partition coefficient (Wildman–Crippen LogP) is 5.99. The number of rotatable bonds is 7. The van der Waals surface area contributed by atoms with Crippen LogP contribution in [0.1, 0.15) is 29.5 Å².